The molecule has 3 heteroatoms. The fourth-order valence-electron chi connectivity index (χ4n) is 1.99. The van der Waals surface area contributed by atoms with Crippen LogP contribution >= 0.6 is 31.9 Å². The van der Waals surface area contributed by atoms with Crippen LogP contribution in [-0.4, -0.2) is 11.9 Å². The van der Waals surface area contributed by atoms with Gasteiger partial charge in [0.1, 0.15) is 5.75 Å². The van der Waals surface area contributed by atoms with Crippen molar-refractivity contribution in [1.29, 1.82) is 0 Å². The minimum absolute atomic E-state index is 0.822. The maximum atomic E-state index is 5.78. The van der Waals surface area contributed by atoms with E-state index in [0.717, 1.165) is 28.6 Å². The van der Waals surface area contributed by atoms with E-state index in [-0.39, 0.29) is 0 Å². The molecule has 0 fully saturated rings. The van der Waals surface area contributed by atoms with E-state index >= 15 is 0 Å². The lowest BCUT2D eigenvalue weighted by Gasteiger charge is -2.08. The van der Waals surface area contributed by atoms with Crippen molar-refractivity contribution in [2.75, 3.05) is 11.9 Å². The van der Waals surface area contributed by atoms with Crippen LogP contribution in [0.5, 0.6) is 5.75 Å². The van der Waals surface area contributed by atoms with Gasteiger partial charge in [0.25, 0.3) is 0 Å². The zero-order valence-electron chi connectivity index (χ0n) is 11.8. The number of rotatable bonds is 10. The molecule has 108 valence electrons. The monoisotopic (exact) mass is 390 g/mol. The van der Waals surface area contributed by atoms with Crippen molar-refractivity contribution in [3.8, 4) is 5.75 Å². The molecule has 0 bridgehead atoms. The van der Waals surface area contributed by atoms with E-state index < -0.39 is 0 Å². The van der Waals surface area contributed by atoms with Crippen LogP contribution in [0.25, 0.3) is 0 Å². The van der Waals surface area contributed by atoms with E-state index in [9.17, 15) is 0 Å². The largest absolute Gasteiger partial charge is 0.492 e. The Bertz CT molecular complexity index is 353. The maximum absolute atomic E-state index is 5.78. The van der Waals surface area contributed by atoms with Gasteiger partial charge in [-0.05, 0) is 53.4 Å². The van der Waals surface area contributed by atoms with Crippen molar-refractivity contribution < 1.29 is 4.74 Å². The highest BCUT2D eigenvalue weighted by Crippen LogP contribution is 2.25. The molecule has 1 nitrogen and oxygen atoms in total. The van der Waals surface area contributed by atoms with E-state index in [4.69, 9.17) is 4.74 Å². The molecular weight excluding hydrogens is 368 g/mol. The number of alkyl halides is 1. The summed E-state index contributed by atoms with van der Waals surface area (Å²) in [6.07, 6.45) is 9.16. The first-order chi connectivity index (χ1) is 9.24. The van der Waals surface area contributed by atoms with Gasteiger partial charge in [-0.2, -0.15) is 0 Å². The van der Waals surface area contributed by atoms with Crippen LogP contribution < -0.4 is 4.74 Å². The number of hydrogen-bond donors (Lipinski definition) is 0. The predicted octanol–water partition coefficient (Wildman–Crippen LogP) is 6.26. The summed E-state index contributed by atoms with van der Waals surface area (Å²) in [4.78, 5) is 0. The lowest BCUT2D eigenvalue weighted by atomic mass is 10.1. The van der Waals surface area contributed by atoms with Crippen LogP contribution in [0.2, 0.25) is 0 Å². The highest BCUT2D eigenvalue weighted by Gasteiger charge is 2.00. The van der Waals surface area contributed by atoms with Gasteiger partial charge in [-0.1, -0.05) is 54.1 Å². The highest BCUT2D eigenvalue weighted by atomic mass is 79.9. The summed E-state index contributed by atoms with van der Waals surface area (Å²) < 4.78 is 6.84. The Hall–Kier alpha value is -0.0200. The second kappa shape index (κ2) is 10.7. The second-order valence-corrected chi connectivity index (χ2v) is 6.59. The van der Waals surface area contributed by atoms with E-state index in [1.165, 1.54) is 44.1 Å². The summed E-state index contributed by atoms with van der Waals surface area (Å²) in [5.74, 6) is 0.961. The molecule has 0 aliphatic carbocycles. The van der Waals surface area contributed by atoms with Crippen molar-refractivity contribution >= 4 is 31.9 Å². The first-order valence-corrected chi connectivity index (χ1v) is 9.10. The van der Waals surface area contributed by atoms with Crippen LogP contribution in [-0.2, 0) is 0 Å². The van der Waals surface area contributed by atoms with Gasteiger partial charge < -0.3 is 4.74 Å². The second-order valence-electron chi connectivity index (χ2n) is 4.95. The molecule has 0 spiro atoms. The van der Waals surface area contributed by atoms with Crippen LogP contribution in [0.4, 0.5) is 0 Å². The smallest absolute Gasteiger partial charge is 0.133 e. The predicted molar refractivity (Wildman–Crippen MR) is 90.5 cm³/mol. The minimum Gasteiger partial charge on any atom is -0.492 e. The van der Waals surface area contributed by atoms with Crippen molar-refractivity contribution in [2.45, 2.75) is 51.9 Å². The maximum Gasteiger partial charge on any atom is 0.133 e. The molecule has 0 saturated heterocycles. The molecule has 19 heavy (non-hydrogen) atoms. The summed E-state index contributed by atoms with van der Waals surface area (Å²) in [7, 11) is 0. The lowest BCUT2D eigenvalue weighted by Crippen LogP contribution is -1.98. The van der Waals surface area contributed by atoms with Crippen LogP contribution in [0.3, 0.4) is 0 Å². The van der Waals surface area contributed by atoms with Crippen molar-refractivity contribution in [2.24, 2.45) is 0 Å². The molecule has 0 aromatic heterocycles. The number of aryl methyl sites for hydroxylation is 1. The summed E-state index contributed by atoms with van der Waals surface area (Å²) >= 11 is 7.00. The van der Waals surface area contributed by atoms with E-state index in [2.05, 4.69) is 50.9 Å². The van der Waals surface area contributed by atoms with Gasteiger partial charge in [0.2, 0.25) is 0 Å². The van der Waals surface area contributed by atoms with Crippen molar-refractivity contribution in [1.82, 2.24) is 0 Å². The summed E-state index contributed by atoms with van der Waals surface area (Å²) in [6.45, 7) is 2.91. The molecule has 0 aliphatic heterocycles. The number of unbranched alkanes of at least 4 members (excludes halogenated alkanes) is 6. The molecule has 0 N–H and O–H groups in total. The van der Waals surface area contributed by atoms with E-state index in [1.54, 1.807) is 0 Å². The summed E-state index contributed by atoms with van der Waals surface area (Å²) in [6, 6.07) is 6.23. The van der Waals surface area contributed by atoms with Gasteiger partial charge in [-0.25, -0.2) is 0 Å². The van der Waals surface area contributed by atoms with Gasteiger partial charge in [0.05, 0.1) is 11.1 Å². The molecule has 0 radical (unpaired) electrons. The Morgan fingerprint density at radius 2 is 1.58 bits per heavy atom. The highest BCUT2D eigenvalue weighted by molar-refractivity contribution is 9.10. The Morgan fingerprint density at radius 3 is 2.21 bits per heavy atom. The van der Waals surface area contributed by atoms with Crippen LogP contribution in [0.1, 0.15) is 50.5 Å². The van der Waals surface area contributed by atoms with Crippen LogP contribution in [0.15, 0.2) is 22.7 Å². The van der Waals surface area contributed by atoms with Gasteiger partial charge in [-0.3, -0.25) is 0 Å². The molecule has 1 aromatic rings. The van der Waals surface area contributed by atoms with Gasteiger partial charge in [0, 0.05) is 5.33 Å². The molecule has 0 saturated carbocycles. The SMILES string of the molecule is Cc1ccc(OCCCCCCCCCBr)c(Br)c1. The fraction of sp³-hybridized carbons (Fsp3) is 0.625. The average molecular weight is 392 g/mol. The van der Waals surface area contributed by atoms with E-state index in [0.29, 0.717) is 0 Å². The Labute approximate surface area is 134 Å². The molecule has 0 aliphatic rings. The Balaban J connectivity index is 2.01. The van der Waals surface area contributed by atoms with Crippen molar-refractivity contribution in [3.63, 3.8) is 0 Å². The quantitative estimate of drug-likeness (QED) is 0.337. The summed E-state index contributed by atoms with van der Waals surface area (Å²) in [5, 5.41) is 1.15. The van der Waals surface area contributed by atoms with Gasteiger partial charge in [0.15, 0.2) is 0 Å². The number of ether oxygens (including phenoxy) is 1. The zero-order valence-corrected chi connectivity index (χ0v) is 14.9. The molecule has 0 amide bonds. The molecule has 1 aromatic carbocycles. The fourth-order valence-corrected chi connectivity index (χ4v) is 2.99. The Kier molecular flexibility index (Phi) is 9.62. The van der Waals surface area contributed by atoms with E-state index in [1.807, 2.05) is 6.07 Å². The Morgan fingerprint density at radius 1 is 0.947 bits per heavy atom. The van der Waals surface area contributed by atoms with Crippen LogP contribution in [0, 0.1) is 6.92 Å². The first kappa shape index (κ1) is 17.0. The third-order valence-electron chi connectivity index (χ3n) is 3.12. The molecule has 1 rings (SSSR count). The molecule has 0 atom stereocenters. The number of halogens is 2. The number of hydrogen-bond acceptors (Lipinski definition) is 1. The minimum atomic E-state index is 0.822. The lowest BCUT2D eigenvalue weighted by molar-refractivity contribution is 0.302. The van der Waals surface area contributed by atoms with Gasteiger partial charge in [-0.15, -0.1) is 0 Å². The normalized spacial score (nSPS) is 10.7. The standard InChI is InChI=1S/C16H24Br2O/c1-14-9-10-16(15(18)13-14)19-12-8-6-4-2-3-5-7-11-17/h9-10,13H,2-8,11-12H2,1H3. The summed E-state index contributed by atoms with van der Waals surface area (Å²) in [5.41, 5.74) is 1.25. The third-order valence-corrected chi connectivity index (χ3v) is 4.30. The number of benzene rings is 1. The first-order valence-electron chi connectivity index (χ1n) is 7.19. The topological polar surface area (TPSA) is 9.23 Å². The molecular formula is C16H24Br2O. The molecule has 0 unspecified atom stereocenters. The van der Waals surface area contributed by atoms with Gasteiger partial charge >= 0.3 is 0 Å². The zero-order chi connectivity index (χ0) is 13.9. The molecule has 0 heterocycles. The third kappa shape index (κ3) is 7.98. The van der Waals surface area contributed by atoms with Crippen molar-refractivity contribution in [3.05, 3.63) is 28.2 Å². The average Bonchev–Trinajstić information content (AvgIpc) is 2.39.